The zero-order chi connectivity index (χ0) is 23.8. The molecule has 1 saturated heterocycles. The van der Waals surface area contributed by atoms with Gasteiger partial charge < -0.3 is 15.0 Å². The van der Waals surface area contributed by atoms with Crippen LogP contribution in [0.1, 0.15) is 47.3 Å². The van der Waals surface area contributed by atoms with Gasteiger partial charge in [0, 0.05) is 54.0 Å². The minimum atomic E-state index is -0.318. The Morgan fingerprint density at radius 1 is 1.06 bits per heavy atom. The number of hydrogen-bond acceptors (Lipinski definition) is 5. The number of piperidine rings is 1. The molecule has 0 aliphatic carbocycles. The van der Waals surface area contributed by atoms with E-state index in [2.05, 4.69) is 74.8 Å². The topological polar surface area (TPSA) is 70.2 Å². The average molecular weight is 467 g/mol. The van der Waals surface area contributed by atoms with Crippen molar-refractivity contribution in [2.75, 3.05) is 7.11 Å². The number of ether oxygens (including phenoxy) is 1. The number of H-pyrrole nitrogens is 1. The van der Waals surface area contributed by atoms with E-state index in [-0.39, 0.29) is 30.1 Å². The van der Waals surface area contributed by atoms with Crippen molar-refractivity contribution in [3.8, 4) is 0 Å². The molecule has 0 saturated carbocycles. The van der Waals surface area contributed by atoms with Crippen molar-refractivity contribution in [2.24, 2.45) is 0 Å². The van der Waals surface area contributed by atoms with E-state index >= 15 is 0 Å². The summed E-state index contributed by atoms with van der Waals surface area (Å²) in [5, 5.41) is 5.00. The van der Waals surface area contributed by atoms with Crippen LogP contribution in [0.3, 0.4) is 0 Å². The Kier molecular flexibility index (Phi) is 5.84. The fraction of sp³-hybridized carbons (Fsp3) is 0.310. The highest BCUT2D eigenvalue weighted by molar-refractivity contribution is 5.87. The van der Waals surface area contributed by atoms with Crippen molar-refractivity contribution in [2.45, 2.75) is 50.0 Å². The smallest absolute Gasteiger partial charge is 0.323 e. The van der Waals surface area contributed by atoms with E-state index in [0.29, 0.717) is 6.42 Å². The third-order valence-electron chi connectivity index (χ3n) is 7.65. The molecule has 1 fully saturated rings. The summed E-state index contributed by atoms with van der Waals surface area (Å²) in [6.45, 7) is 0.771. The predicted octanol–water partition coefficient (Wildman–Crippen LogP) is 4.70. The first-order chi connectivity index (χ1) is 17.2. The second-order valence-corrected chi connectivity index (χ2v) is 9.61. The van der Waals surface area contributed by atoms with Gasteiger partial charge in [0.25, 0.3) is 0 Å². The molecule has 0 bridgehead atoms. The maximum atomic E-state index is 13.2. The molecule has 4 atom stereocenters. The van der Waals surface area contributed by atoms with Gasteiger partial charge in [-0.05, 0) is 41.7 Å². The zero-order valence-electron chi connectivity index (χ0n) is 19.9. The van der Waals surface area contributed by atoms with E-state index in [1.54, 1.807) is 6.20 Å². The van der Waals surface area contributed by atoms with Gasteiger partial charge in [-0.2, -0.15) is 0 Å². The van der Waals surface area contributed by atoms with E-state index < -0.39 is 0 Å². The molecular formula is C29H30N4O2. The van der Waals surface area contributed by atoms with Gasteiger partial charge in [0.15, 0.2) is 0 Å². The minimum Gasteiger partial charge on any atom is -0.468 e. The third kappa shape index (κ3) is 4.03. The summed E-state index contributed by atoms with van der Waals surface area (Å²) in [5.41, 5.74) is 6.02. The summed E-state index contributed by atoms with van der Waals surface area (Å²) in [4.78, 5) is 23.6. The highest BCUT2D eigenvalue weighted by atomic mass is 16.5. The first-order valence-electron chi connectivity index (χ1n) is 12.3. The molecule has 2 aromatic heterocycles. The van der Waals surface area contributed by atoms with Crippen molar-refractivity contribution in [3.05, 3.63) is 102 Å². The second-order valence-electron chi connectivity index (χ2n) is 9.61. The molecule has 2 aliphatic heterocycles. The Balaban J connectivity index is 1.42. The van der Waals surface area contributed by atoms with Gasteiger partial charge in [0.05, 0.1) is 13.2 Å². The van der Waals surface area contributed by atoms with Crippen LogP contribution in [0.2, 0.25) is 0 Å². The minimum absolute atomic E-state index is 0.0839. The summed E-state index contributed by atoms with van der Waals surface area (Å²) in [5.74, 6) is -0.159. The number of fused-ring (bicyclic) bond motifs is 5. The van der Waals surface area contributed by atoms with Gasteiger partial charge in [0.1, 0.15) is 6.04 Å². The normalized spacial score (nSPS) is 24.0. The second kappa shape index (κ2) is 9.29. The van der Waals surface area contributed by atoms with E-state index in [4.69, 9.17) is 4.74 Å². The molecule has 4 unspecified atom stereocenters. The number of aromatic nitrogens is 2. The largest absolute Gasteiger partial charge is 0.468 e. The van der Waals surface area contributed by atoms with E-state index in [0.717, 1.165) is 24.9 Å². The number of carbonyl (C=O) groups is 1. The molecule has 178 valence electrons. The van der Waals surface area contributed by atoms with Crippen LogP contribution in [0.4, 0.5) is 0 Å². The number of pyridine rings is 1. The predicted molar refractivity (Wildman–Crippen MR) is 136 cm³/mol. The van der Waals surface area contributed by atoms with E-state index in [1.807, 2.05) is 18.3 Å². The fourth-order valence-corrected chi connectivity index (χ4v) is 6.08. The number of methoxy groups -OCH3 is 1. The number of aromatic amines is 1. The van der Waals surface area contributed by atoms with E-state index in [1.165, 1.54) is 34.9 Å². The van der Waals surface area contributed by atoms with E-state index in [9.17, 15) is 4.79 Å². The van der Waals surface area contributed by atoms with Crippen molar-refractivity contribution in [1.82, 2.24) is 20.2 Å². The number of esters is 1. The van der Waals surface area contributed by atoms with Crippen LogP contribution < -0.4 is 5.32 Å². The number of benzene rings is 2. The van der Waals surface area contributed by atoms with Gasteiger partial charge in [-0.15, -0.1) is 0 Å². The monoisotopic (exact) mass is 466 g/mol. The van der Waals surface area contributed by atoms with Crippen LogP contribution >= 0.6 is 0 Å². The van der Waals surface area contributed by atoms with Crippen LogP contribution in [-0.2, 0) is 22.5 Å². The quantitative estimate of drug-likeness (QED) is 0.418. The zero-order valence-corrected chi connectivity index (χ0v) is 19.9. The summed E-state index contributed by atoms with van der Waals surface area (Å²) < 4.78 is 5.35. The third-order valence-corrected chi connectivity index (χ3v) is 7.65. The lowest BCUT2D eigenvalue weighted by Crippen LogP contribution is -2.55. The molecule has 6 heteroatoms. The maximum Gasteiger partial charge on any atom is 0.323 e. The molecule has 0 radical (unpaired) electrons. The van der Waals surface area contributed by atoms with Crippen molar-refractivity contribution >= 4 is 16.9 Å². The number of para-hydroxylation sites is 1. The lowest BCUT2D eigenvalue weighted by atomic mass is 9.79. The summed E-state index contributed by atoms with van der Waals surface area (Å²) >= 11 is 0. The lowest BCUT2D eigenvalue weighted by molar-refractivity contribution is -0.152. The number of carbonyl (C=O) groups excluding carboxylic acids is 1. The summed E-state index contributed by atoms with van der Waals surface area (Å²) in [7, 11) is 1.50. The van der Waals surface area contributed by atoms with Crippen LogP contribution in [0.5, 0.6) is 0 Å². The van der Waals surface area contributed by atoms with Gasteiger partial charge in [0.2, 0.25) is 0 Å². The Bertz CT molecular complexity index is 1320. The molecule has 6 rings (SSSR count). The van der Waals surface area contributed by atoms with Gasteiger partial charge >= 0.3 is 5.97 Å². The fourth-order valence-electron chi connectivity index (χ4n) is 6.08. The Morgan fingerprint density at radius 2 is 1.86 bits per heavy atom. The van der Waals surface area contributed by atoms with Crippen LogP contribution in [0, 0.1) is 0 Å². The van der Waals surface area contributed by atoms with Crippen molar-refractivity contribution in [3.63, 3.8) is 0 Å². The molecule has 2 aliphatic rings. The SMILES string of the molecule is COC(=O)C1Cc2c([nH]c3ccccc23)C2CC(NCc3cccnc3)CC(c3ccccc3)N12. The molecule has 2 aromatic carbocycles. The molecule has 4 heterocycles. The highest BCUT2D eigenvalue weighted by Gasteiger charge is 2.48. The van der Waals surface area contributed by atoms with Crippen molar-refractivity contribution in [1.29, 1.82) is 0 Å². The van der Waals surface area contributed by atoms with Crippen LogP contribution in [0.25, 0.3) is 10.9 Å². The molecular weight excluding hydrogens is 436 g/mol. The molecule has 6 nitrogen and oxygen atoms in total. The number of nitrogens with one attached hydrogen (secondary N) is 2. The number of nitrogens with zero attached hydrogens (tertiary/aromatic N) is 2. The molecule has 0 amide bonds. The first kappa shape index (κ1) is 22.0. The van der Waals surface area contributed by atoms with Crippen LogP contribution in [-0.4, -0.2) is 40.0 Å². The lowest BCUT2D eigenvalue weighted by Gasteiger charge is -2.50. The summed E-state index contributed by atoms with van der Waals surface area (Å²) in [6, 6.07) is 23.2. The summed E-state index contributed by atoms with van der Waals surface area (Å²) in [6.07, 6.45) is 6.21. The van der Waals surface area contributed by atoms with Gasteiger partial charge in [-0.3, -0.25) is 14.7 Å². The highest BCUT2D eigenvalue weighted by Crippen LogP contribution is 2.48. The van der Waals surface area contributed by atoms with Gasteiger partial charge in [-0.1, -0.05) is 54.6 Å². The first-order valence-corrected chi connectivity index (χ1v) is 12.3. The Labute approximate surface area is 205 Å². The molecule has 4 aromatic rings. The molecule has 0 spiro atoms. The average Bonchev–Trinajstić information content (AvgIpc) is 3.30. The molecule has 35 heavy (non-hydrogen) atoms. The number of hydrogen-bond donors (Lipinski definition) is 2. The van der Waals surface area contributed by atoms with Crippen LogP contribution in [0.15, 0.2) is 79.1 Å². The Hall–Kier alpha value is -3.48. The van der Waals surface area contributed by atoms with Gasteiger partial charge in [-0.25, -0.2) is 0 Å². The Morgan fingerprint density at radius 3 is 2.66 bits per heavy atom. The standard InChI is InChI=1S/C29H30N4O2/c1-35-29(34)27-16-23-22-11-5-6-12-24(22)32-28(23)26-15-21(31-18-19-8-7-13-30-17-19)14-25(33(26)27)20-9-3-2-4-10-20/h2-13,17,21,25-27,31-32H,14-16,18H2,1H3. The molecule has 2 N–H and O–H groups in total. The maximum absolute atomic E-state index is 13.2. The number of rotatable bonds is 5. The van der Waals surface area contributed by atoms with Crippen molar-refractivity contribution < 1.29 is 9.53 Å².